The van der Waals surface area contributed by atoms with Crippen molar-refractivity contribution in [3.05, 3.63) is 21.9 Å². The Morgan fingerprint density at radius 3 is 2.67 bits per heavy atom. The Labute approximate surface area is 110 Å². The number of hydrogen-bond donors (Lipinski definition) is 3. The van der Waals surface area contributed by atoms with E-state index in [4.69, 9.17) is 5.11 Å². The molecule has 1 rings (SSSR count). The lowest BCUT2D eigenvalue weighted by molar-refractivity contribution is -0.123. The van der Waals surface area contributed by atoms with Crippen LogP contribution in [0.3, 0.4) is 0 Å². The van der Waals surface area contributed by atoms with E-state index in [1.165, 1.54) is 11.3 Å². The van der Waals surface area contributed by atoms with Crippen LogP contribution in [0, 0.1) is 5.92 Å². The molecule has 0 saturated heterocycles. The predicted molar refractivity (Wildman–Crippen MR) is 70.8 cm³/mol. The topological polar surface area (TPSA) is 78.4 Å². The monoisotopic (exact) mass is 270 g/mol. The van der Waals surface area contributed by atoms with Gasteiger partial charge in [0, 0.05) is 35.8 Å². The van der Waals surface area contributed by atoms with Gasteiger partial charge in [-0.25, -0.2) is 4.79 Å². The number of carbonyl (C=O) groups excluding carboxylic acids is 1. The van der Waals surface area contributed by atoms with Crippen LogP contribution in [0.25, 0.3) is 0 Å². The molecule has 5 nitrogen and oxygen atoms in total. The molecular formula is C12H18N2O3S. The maximum Gasteiger partial charge on any atom is 0.336 e. The van der Waals surface area contributed by atoms with Gasteiger partial charge in [-0.1, -0.05) is 13.8 Å². The fourth-order valence-corrected chi connectivity index (χ4v) is 2.10. The molecule has 0 bridgehead atoms. The van der Waals surface area contributed by atoms with Crippen LogP contribution in [0.1, 0.15) is 29.1 Å². The van der Waals surface area contributed by atoms with Gasteiger partial charge in [0.05, 0.1) is 5.56 Å². The molecular weight excluding hydrogens is 252 g/mol. The molecule has 0 saturated carbocycles. The Bertz CT molecular complexity index is 415. The minimum atomic E-state index is -0.901. The van der Waals surface area contributed by atoms with Crippen LogP contribution >= 0.6 is 11.3 Å². The summed E-state index contributed by atoms with van der Waals surface area (Å²) in [7, 11) is 0. The van der Waals surface area contributed by atoms with E-state index >= 15 is 0 Å². The molecule has 3 N–H and O–H groups in total. The van der Waals surface area contributed by atoms with E-state index in [0.29, 0.717) is 25.2 Å². The third kappa shape index (κ3) is 4.85. The van der Waals surface area contributed by atoms with Gasteiger partial charge in [-0.05, 0) is 6.07 Å². The zero-order valence-corrected chi connectivity index (χ0v) is 11.3. The second-order valence-electron chi connectivity index (χ2n) is 4.23. The number of rotatable bonds is 7. The molecule has 0 aromatic carbocycles. The number of carbonyl (C=O) groups is 2. The van der Waals surface area contributed by atoms with Crippen molar-refractivity contribution in [2.24, 2.45) is 5.92 Å². The van der Waals surface area contributed by atoms with Crippen molar-refractivity contribution in [1.29, 1.82) is 0 Å². The molecule has 1 aromatic heterocycles. The lowest BCUT2D eigenvalue weighted by Gasteiger charge is -2.07. The largest absolute Gasteiger partial charge is 0.478 e. The summed E-state index contributed by atoms with van der Waals surface area (Å²) >= 11 is 1.42. The zero-order chi connectivity index (χ0) is 13.5. The normalized spacial score (nSPS) is 10.6. The van der Waals surface area contributed by atoms with Gasteiger partial charge >= 0.3 is 5.97 Å². The minimum absolute atomic E-state index is 0.000390. The SMILES string of the molecule is CC(C)C(=O)NCCNCc1cc(C(=O)O)cs1. The summed E-state index contributed by atoms with van der Waals surface area (Å²) in [4.78, 5) is 22.9. The van der Waals surface area contributed by atoms with Gasteiger partial charge in [0.25, 0.3) is 0 Å². The first-order chi connectivity index (χ1) is 8.50. The fraction of sp³-hybridized carbons (Fsp3) is 0.500. The summed E-state index contributed by atoms with van der Waals surface area (Å²) < 4.78 is 0. The van der Waals surface area contributed by atoms with E-state index in [1.807, 2.05) is 13.8 Å². The highest BCUT2D eigenvalue weighted by Gasteiger charge is 2.06. The summed E-state index contributed by atoms with van der Waals surface area (Å²) in [6.45, 7) is 5.56. The van der Waals surface area contributed by atoms with Crippen LogP contribution in [0.15, 0.2) is 11.4 Å². The molecule has 0 aliphatic rings. The van der Waals surface area contributed by atoms with Crippen molar-refractivity contribution < 1.29 is 14.7 Å². The van der Waals surface area contributed by atoms with Crippen LogP contribution in [0.4, 0.5) is 0 Å². The van der Waals surface area contributed by atoms with E-state index in [9.17, 15) is 9.59 Å². The van der Waals surface area contributed by atoms with Gasteiger partial charge in [-0.15, -0.1) is 11.3 Å². The summed E-state index contributed by atoms with van der Waals surface area (Å²) in [6, 6.07) is 1.66. The van der Waals surface area contributed by atoms with Crippen molar-refractivity contribution in [3.63, 3.8) is 0 Å². The number of nitrogens with one attached hydrogen (secondary N) is 2. The van der Waals surface area contributed by atoms with Crippen LogP contribution in [-0.2, 0) is 11.3 Å². The minimum Gasteiger partial charge on any atom is -0.478 e. The summed E-state index contributed by atoms with van der Waals surface area (Å²) in [5, 5.41) is 16.3. The predicted octanol–water partition coefficient (Wildman–Crippen LogP) is 1.31. The number of thiophene rings is 1. The second-order valence-corrected chi connectivity index (χ2v) is 5.23. The molecule has 0 aliphatic carbocycles. The molecule has 1 heterocycles. The summed E-state index contributed by atoms with van der Waals surface area (Å²) in [5.41, 5.74) is 0.324. The quantitative estimate of drug-likeness (QED) is 0.653. The van der Waals surface area contributed by atoms with E-state index in [1.54, 1.807) is 11.4 Å². The molecule has 100 valence electrons. The molecule has 18 heavy (non-hydrogen) atoms. The summed E-state index contributed by atoms with van der Waals surface area (Å²) in [6.07, 6.45) is 0. The molecule has 0 atom stereocenters. The van der Waals surface area contributed by atoms with Gasteiger partial charge in [0.1, 0.15) is 0 Å². The lowest BCUT2D eigenvalue weighted by Crippen LogP contribution is -2.33. The van der Waals surface area contributed by atoms with Crippen LogP contribution in [-0.4, -0.2) is 30.1 Å². The van der Waals surface area contributed by atoms with Gasteiger partial charge in [-0.3, -0.25) is 4.79 Å². The molecule has 0 radical (unpaired) electrons. The number of hydrogen-bond acceptors (Lipinski definition) is 4. The molecule has 0 spiro atoms. The Morgan fingerprint density at radius 1 is 1.39 bits per heavy atom. The highest BCUT2D eigenvalue weighted by atomic mass is 32.1. The van der Waals surface area contributed by atoms with Gasteiger partial charge < -0.3 is 15.7 Å². The fourth-order valence-electron chi connectivity index (χ4n) is 1.28. The van der Waals surface area contributed by atoms with Crippen molar-refractivity contribution in [2.75, 3.05) is 13.1 Å². The van der Waals surface area contributed by atoms with Gasteiger partial charge in [-0.2, -0.15) is 0 Å². The van der Waals surface area contributed by atoms with E-state index in [-0.39, 0.29) is 11.8 Å². The van der Waals surface area contributed by atoms with Gasteiger partial charge in [0.15, 0.2) is 0 Å². The average Bonchev–Trinajstić information content (AvgIpc) is 2.77. The van der Waals surface area contributed by atoms with Crippen molar-refractivity contribution >= 4 is 23.2 Å². The van der Waals surface area contributed by atoms with E-state index in [2.05, 4.69) is 10.6 Å². The highest BCUT2D eigenvalue weighted by molar-refractivity contribution is 7.10. The van der Waals surface area contributed by atoms with E-state index in [0.717, 1.165) is 4.88 Å². The molecule has 0 aliphatic heterocycles. The average molecular weight is 270 g/mol. The maximum atomic E-state index is 11.3. The van der Waals surface area contributed by atoms with E-state index < -0.39 is 5.97 Å². The Balaban J connectivity index is 2.18. The van der Waals surface area contributed by atoms with Crippen molar-refractivity contribution in [3.8, 4) is 0 Å². The Kier molecular flexibility index (Phi) is 5.80. The molecule has 1 aromatic rings. The number of carboxylic acids is 1. The van der Waals surface area contributed by atoms with Crippen LogP contribution < -0.4 is 10.6 Å². The first-order valence-electron chi connectivity index (χ1n) is 5.80. The standard InChI is InChI=1S/C12H18N2O3S/c1-8(2)11(15)14-4-3-13-6-10-5-9(7-18-10)12(16)17/h5,7-8,13H,3-4,6H2,1-2H3,(H,14,15)(H,16,17). The third-order valence-electron chi connectivity index (χ3n) is 2.33. The maximum absolute atomic E-state index is 11.3. The van der Waals surface area contributed by atoms with Crippen molar-refractivity contribution in [1.82, 2.24) is 10.6 Å². The smallest absolute Gasteiger partial charge is 0.336 e. The Morgan fingerprint density at radius 2 is 2.11 bits per heavy atom. The molecule has 6 heteroatoms. The van der Waals surface area contributed by atoms with Gasteiger partial charge in [0.2, 0.25) is 5.91 Å². The number of carboxylic acid groups (broad SMARTS) is 1. The first-order valence-corrected chi connectivity index (χ1v) is 6.67. The van der Waals surface area contributed by atoms with Crippen molar-refractivity contribution in [2.45, 2.75) is 20.4 Å². The van der Waals surface area contributed by atoms with Crippen LogP contribution in [0.5, 0.6) is 0 Å². The summed E-state index contributed by atoms with van der Waals surface area (Å²) in [5.74, 6) is -0.858. The molecule has 0 fully saturated rings. The highest BCUT2D eigenvalue weighted by Crippen LogP contribution is 2.14. The third-order valence-corrected chi connectivity index (χ3v) is 3.26. The molecule has 0 unspecified atom stereocenters. The first kappa shape index (κ1) is 14.7. The second kappa shape index (κ2) is 7.13. The zero-order valence-electron chi connectivity index (χ0n) is 10.5. The number of amides is 1. The lowest BCUT2D eigenvalue weighted by atomic mass is 10.2. The Hall–Kier alpha value is -1.40. The number of aromatic carboxylic acids is 1. The molecule has 1 amide bonds. The van der Waals surface area contributed by atoms with Crippen LogP contribution in [0.2, 0.25) is 0 Å².